The van der Waals surface area contributed by atoms with Gasteiger partial charge in [0.05, 0.1) is 18.7 Å². The van der Waals surface area contributed by atoms with E-state index in [4.69, 9.17) is 0 Å². The van der Waals surface area contributed by atoms with E-state index in [1.165, 1.54) is 11.1 Å². The molecule has 0 bridgehead atoms. The summed E-state index contributed by atoms with van der Waals surface area (Å²) >= 11 is 0. The quantitative estimate of drug-likeness (QED) is 0.775. The molecule has 21 heavy (non-hydrogen) atoms. The number of piperazine rings is 1. The van der Waals surface area contributed by atoms with E-state index in [0.29, 0.717) is 16.6 Å². The SMILES string of the molecule is O=C1CN(c2ncc(C(=O)O)c3ccccc23)CC(=O)N1. The second-order valence-corrected chi connectivity index (χ2v) is 4.67. The molecule has 3 rings (SSSR count). The van der Waals surface area contributed by atoms with Gasteiger partial charge in [-0.15, -0.1) is 0 Å². The number of amides is 2. The Morgan fingerprint density at radius 1 is 1.14 bits per heavy atom. The van der Waals surface area contributed by atoms with Crippen LogP contribution in [0, 0.1) is 0 Å². The third-order valence-corrected chi connectivity index (χ3v) is 3.25. The molecule has 7 heteroatoms. The number of carboxylic acids is 1. The lowest BCUT2D eigenvalue weighted by atomic mass is 10.1. The first-order valence-electron chi connectivity index (χ1n) is 6.25. The molecule has 1 saturated heterocycles. The highest BCUT2D eigenvalue weighted by Gasteiger charge is 2.25. The van der Waals surface area contributed by atoms with Gasteiger partial charge in [-0.3, -0.25) is 14.9 Å². The Labute approximate surface area is 119 Å². The predicted octanol–water partition coefficient (Wildman–Crippen LogP) is 0.396. The summed E-state index contributed by atoms with van der Waals surface area (Å²) in [6, 6.07) is 6.88. The smallest absolute Gasteiger partial charge is 0.337 e. The van der Waals surface area contributed by atoms with Gasteiger partial charge in [-0.1, -0.05) is 24.3 Å². The predicted molar refractivity (Wildman–Crippen MR) is 74.1 cm³/mol. The van der Waals surface area contributed by atoms with Gasteiger partial charge in [-0.2, -0.15) is 0 Å². The fourth-order valence-electron chi connectivity index (χ4n) is 2.39. The average Bonchev–Trinajstić information content (AvgIpc) is 2.44. The number of rotatable bonds is 2. The maximum atomic E-state index is 11.5. The molecular weight excluding hydrogens is 274 g/mol. The van der Waals surface area contributed by atoms with E-state index in [2.05, 4.69) is 10.3 Å². The summed E-state index contributed by atoms with van der Waals surface area (Å²) in [6.45, 7) is 0.0182. The van der Waals surface area contributed by atoms with E-state index in [1.54, 1.807) is 24.3 Å². The number of carbonyl (C=O) groups is 3. The van der Waals surface area contributed by atoms with Crippen molar-refractivity contribution in [3.63, 3.8) is 0 Å². The lowest BCUT2D eigenvalue weighted by Gasteiger charge is -2.27. The largest absolute Gasteiger partial charge is 0.478 e. The van der Waals surface area contributed by atoms with Crippen LogP contribution in [0.3, 0.4) is 0 Å². The number of fused-ring (bicyclic) bond motifs is 1. The topological polar surface area (TPSA) is 99.6 Å². The number of carbonyl (C=O) groups excluding carboxylic acids is 2. The van der Waals surface area contributed by atoms with Crippen molar-refractivity contribution in [3.05, 3.63) is 36.0 Å². The zero-order chi connectivity index (χ0) is 15.0. The van der Waals surface area contributed by atoms with E-state index in [0.717, 1.165) is 0 Å². The third-order valence-electron chi connectivity index (χ3n) is 3.25. The molecule has 2 aromatic rings. The third kappa shape index (κ3) is 2.29. The summed E-state index contributed by atoms with van der Waals surface area (Å²) in [7, 11) is 0. The van der Waals surface area contributed by atoms with Crippen LogP contribution in [0.1, 0.15) is 10.4 Å². The van der Waals surface area contributed by atoms with Crippen LogP contribution in [-0.4, -0.2) is 41.0 Å². The van der Waals surface area contributed by atoms with Gasteiger partial charge in [-0.25, -0.2) is 9.78 Å². The molecule has 106 valence electrons. The van der Waals surface area contributed by atoms with Crippen LogP contribution in [0.4, 0.5) is 5.82 Å². The van der Waals surface area contributed by atoms with Crippen molar-refractivity contribution in [2.45, 2.75) is 0 Å². The van der Waals surface area contributed by atoms with Crippen LogP contribution in [0.15, 0.2) is 30.5 Å². The van der Waals surface area contributed by atoms with E-state index < -0.39 is 17.8 Å². The number of nitrogens with zero attached hydrogens (tertiary/aromatic N) is 2. The Morgan fingerprint density at radius 3 is 2.38 bits per heavy atom. The highest BCUT2D eigenvalue weighted by atomic mass is 16.4. The van der Waals surface area contributed by atoms with Crippen molar-refractivity contribution >= 4 is 34.4 Å². The van der Waals surface area contributed by atoms with Crippen LogP contribution in [0.5, 0.6) is 0 Å². The minimum absolute atomic E-state index is 0.00908. The summed E-state index contributed by atoms with van der Waals surface area (Å²) in [4.78, 5) is 39.9. The minimum atomic E-state index is -1.07. The van der Waals surface area contributed by atoms with Crippen LogP contribution >= 0.6 is 0 Å². The summed E-state index contributed by atoms with van der Waals surface area (Å²) in [5.41, 5.74) is 0.0853. The Morgan fingerprint density at radius 2 is 1.76 bits per heavy atom. The Hall–Kier alpha value is -2.96. The van der Waals surface area contributed by atoms with Crippen LogP contribution in [-0.2, 0) is 9.59 Å². The second-order valence-electron chi connectivity index (χ2n) is 4.67. The summed E-state index contributed by atoms with van der Waals surface area (Å²) in [6.07, 6.45) is 1.25. The van der Waals surface area contributed by atoms with Crippen molar-refractivity contribution in [1.82, 2.24) is 10.3 Å². The molecule has 2 heterocycles. The number of hydrogen-bond donors (Lipinski definition) is 2. The van der Waals surface area contributed by atoms with E-state index in [9.17, 15) is 19.5 Å². The fourth-order valence-corrected chi connectivity index (χ4v) is 2.39. The van der Waals surface area contributed by atoms with Gasteiger partial charge in [0.25, 0.3) is 0 Å². The molecule has 1 aromatic carbocycles. The normalized spacial score (nSPS) is 15.1. The van der Waals surface area contributed by atoms with Crippen LogP contribution in [0.25, 0.3) is 10.8 Å². The van der Waals surface area contributed by atoms with Crippen molar-refractivity contribution in [2.75, 3.05) is 18.0 Å². The molecule has 0 saturated carbocycles. The number of nitrogens with one attached hydrogen (secondary N) is 1. The van der Waals surface area contributed by atoms with Crippen molar-refractivity contribution < 1.29 is 19.5 Å². The van der Waals surface area contributed by atoms with Crippen LogP contribution < -0.4 is 10.2 Å². The molecule has 0 atom stereocenters. The number of carboxylic acid groups (broad SMARTS) is 1. The number of pyridine rings is 1. The van der Waals surface area contributed by atoms with Gasteiger partial charge in [0, 0.05) is 17.0 Å². The molecule has 2 N–H and O–H groups in total. The average molecular weight is 285 g/mol. The maximum absolute atomic E-state index is 11.5. The lowest BCUT2D eigenvalue weighted by Crippen LogP contribution is -2.51. The summed E-state index contributed by atoms with van der Waals surface area (Å²) < 4.78 is 0. The Balaban J connectivity index is 2.16. The standard InChI is InChI=1S/C14H11N3O4/c18-11-6-17(7-12(19)16-11)13-9-4-2-1-3-8(9)10(5-15-13)14(20)21/h1-5H,6-7H2,(H,20,21)(H,16,18,19). The second kappa shape index (κ2) is 4.86. The molecular formula is C14H11N3O4. The summed E-state index contributed by atoms with van der Waals surface area (Å²) in [5.74, 6) is -1.45. The molecule has 7 nitrogen and oxygen atoms in total. The first-order chi connectivity index (χ1) is 10.1. The monoisotopic (exact) mass is 285 g/mol. The molecule has 1 aliphatic rings. The Kier molecular flexibility index (Phi) is 3.02. The van der Waals surface area contributed by atoms with Gasteiger partial charge in [0.1, 0.15) is 5.82 Å². The van der Waals surface area contributed by atoms with Crippen molar-refractivity contribution in [2.24, 2.45) is 0 Å². The van der Waals surface area contributed by atoms with Crippen LogP contribution in [0.2, 0.25) is 0 Å². The first kappa shape index (κ1) is 13.0. The maximum Gasteiger partial charge on any atom is 0.337 e. The Bertz CT molecular complexity index is 756. The lowest BCUT2D eigenvalue weighted by molar-refractivity contribution is -0.130. The number of aromatic nitrogens is 1. The zero-order valence-electron chi connectivity index (χ0n) is 10.9. The van der Waals surface area contributed by atoms with Gasteiger partial charge < -0.3 is 10.0 Å². The fraction of sp³-hybridized carbons (Fsp3) is 0.143. The zero-order valence-corrected chi connectivity index (χ0v) is 10.9. The van der Waals surface area contributed by atoms with E-state index in [-0.39, 0.29) is 18.7 Å². The van der Waals surface area contributed by atoms with Gasteiger partial charge in [0.2, 0.25) is 11.8 Å². The number of benzene rings is 1. The molecule has 0 aliphatic carbocycles. The van der Waals surface area contributed by atoms with Gasteiger partial charge in [-0.05, 0) is 0 Å². The number of hydrogen-bond acceptors (Lipinski definition) is 5. The first-order valence-corrected chi connectivity index (χ1v) is 6.25. The summed E-state index contributed by atoms with van der Waals surface area (Å²) in [5, 5.41) is 12.5. The molecule has 0 spiro atoms. The molecule has 1 aromatic heterocycles. The van der Waals surface area contributed by atoms with Gasteiger partial charge in [0.15, 0.2) is 0 Å². The molecule has 2 amide bonds. The molecule has 1 fully saturated rings. The molecule has 0 unspecified atom stereocenters. The van der Waals surface area contributed by atoms with E-state index in [1.807, 2.05) is 0 Å². The van der Waals surface area contributed by atoms with E-state index >= 15 is 0 Å². The molecule has 1 aliphatic heterocycles. The number of imide groups is 1. The highest BCUT2D eigenvalue weighted by molar-refractivity contribution is 6.09. The van der Waals surface area contributed by atoms with Crippen molar-refractivity contribution in [1.29, 1.82) is 0 Å². The van der Waals surface area contributed by atoms with Gasteiger partial charge >= 0.3 is 5.97 Å². The van der Waals surface area contributed by atoms with Crippen molar-refractivity contribution in [3.8, 4) is 0 Å². The number of anilines is 1. The number of aromatic carboxylic acids is 1. The molecule has 0 radical (unpaired) electrons. The minimum Gasteiger partial charge on any atom is -0.478 e. The highest BCUT2D eigenvalue weighted by Crippen LogP contribution is 2.27.